The zero-order valence-electron chi connectivity index (χ0n) is 13.2. The van der Waals surface area contributed by atoms with Crippen molar-refractivity contribution in [1.82, 2.24) is 0 Å². The minimum absolute atomic E-state index is 0.387. The lowest BCUT2D eigenvalue weighted by Gasteiger charge is -1.98. The third-order valence-electron chi connectivity index (χ3n) is 3.25. The fourth-order valence-corrected chi connectivity index (χ4v) is 2.89. The molecule has 0 aliphatic heterocycles. The van der Waals surface area contributed by atoms with Crippen molar-refractivity contribution < 1.29 is 23.6 Å². The molecule has 0 spiro atoms. The van der Waals surface area contributed by atoms with E-state index >= 15 is 0 Å². The van der Waals surface area contributed by atoms with Gasteiger partial charge in [0.15, 0.2) is 0 Å². The van der Waals surface area contributed by atoms with Crippen LogP contribution in [-0.2, 0) is 9.57 Å². The predicted molar refractivity (Wildman–Crippen MR) is 92.8 cm³/mol. The Morgan fingerprint density at radius 1 is 1.08 bits per heavy atom. The monoisotopic (exact) mass is 355 g/mol. The second kappa shape index (κ2) is 7.59. The van der Waals surface area contributed by atoms with Crippen LogP contribution in [-0.4, -0.2) is 25.3 Å². The van der Waals surface area contributed by atoms with Crippen LogP contribution in [0.2, 0.25) is 0 Å². The van der Waals surface area contributed by atoms with Gasteiger partial charge in [0.2, 0.25) is 0 Å². The van der Waals surface area contributed by atoms with Crippen molar-refractivity contribution in [2.75, 3.05) is 7.11 Å². The van der Waals surface area contributed by atoms with E-state index in [0.29, 0.717) is 27.5 Å². The van der Waals surface area contributed by atoms with Crippen LogP contribution in [0.5, 0.6) is 0 Å². The molecule has 0 fully saturated rings. The molecule has 7 heteroatoms. The number of esters is 1. The number of furan rings is 1. The highest BCUT2D eigenvalue weighted by Gasteiger charge is 2.17. The van der Waals surface area contributed by atoms with E-state index in [9.17, 15) is 9.59 Å². The lowest BCUT2D eigenvalue weighted by atomic mass is 10.2. The number of thiophene rings is 1. The van der Waals surface area contributed by atoms with Crippen LogP contribution >= 0.6 is 11.3 Å². The lowest BCUT2D eigenvalue weighted by Crippen LogP contribution is -2.00. The fourth-order valence-electron chi connectivity index (χ4n) is 2.07. The van der Waals surface area contributed by atoms with Crippen molar-refractivity contribution in [3.8, 4) is 11.3 Å². The van der Waals surface area contributed by atoms with Crippen LogP contribution in [0.25, 0.3) is 11.3 Å². The van der Waals surface area contributed by atoms with Crippen molar-refractivity contribution in [1.29, 1.82) is 0 Å². The molecular formula is C18H13NO5S. The highest BCUT2D eigenvalue weighted by atomic mass is 32.1. The van der Waals surface area contributed by atoms with Crippen molar-refractivity contribution in [3.05, 3.63) is 70.1 Å². The maximum atomic E-state index is 11.8. The van der Waals surface area contributed by atoms with Gasteiger partial charge in [0.25, 0.3) is 0 Å². The number of hydrogen-bond donors (Lipinski definition) is 0. The van der Waals surface area contributed by atoms with Crippen LogP contribution in [0, 0.1) is 0 Å². The summed E-state index contributed by atoms with van der Waals surface area (Å²) in [6, 6.07) is 13.7. The molecular weight excluding hydrogens is 342 g/mol. The number of methoxy groups -OCH3 is 1. The van der Waals surface area contributed by atoms with Gasteiger partial charge in [-0.15, -0.1) is 11.3 Å². The third-order valence-corrected chi connectivity index (χ3v) is 4.15. The normalized spacial score (nSPS) is 10.8. The molecule has 0 atom stereocenters. The largest absolute Gasteiger partial charge is 0.465 e. The van der Waals surface area contributed by atoms with Crippen LogP contribution in [0.3, 0.4) is 0 Å². The van der Waals surface area contributed by atoms with E-state index in [0.717, 1.165) is 0 Å². The topological polar surface area (TPSA) is 78.1 Å². The Balaban J connectivity index is 1.69. The number of ether oxygens (including phenoxy) is 1. The van der Waals surface area contributed by atoms with Gasteiger partial charge in [-0.2, -0.15) is 0 Å². The summed E-state index contributed by atoms with van der Waals surface area (Å²) < 4.78 is 10.4. The molecule has 1 aromatic carbocycles. The van der Waals surface area contributed by atoms with Crippen LogP contribution < -0.4 is 0 Å². The highest BCUT2D eigenvalue weighted by Crippen LogP contribution is 2.30. The quantitative estimate of drug-likeness (QED) is 0.299. The zero-order chi connectivity index (χ0) is 17.6. The molecule has 0 aliphatic carbocycles. The summed E-state index contributed by atoms with van der Waals surface area (Å²) in [5, 5.41) is 5.41. The van der Waals surface area contributed by atoms with Crippen molar-refractivity contribution in [2.24, 2.45) is 5.16 Å². The van der Waals surface area contributed by atoms with E-state index in [-0.39, 0.29) is 0 Å². The Morgan fingerprint density at radius 3 is 2.64 bits per heavy atom. The first-order valence-electron chi connectivity index (χ1n) is 7.25. The van der Waals surface area contributed by atoms with E-state index < -0.39 is 11.9 Å². The smallest absolute Gasteiger partial charge is 0.365 e. The van der Waals surface area contributed by atoms with Gasteiger partial charge in [-0.05, 0) is 35.7 Å². The Hall–Kier alpha value is -3.19. The minimum atomic E-state index is -0.561. The molecule has 0 unspecified atom stereocenters. The van der Waals surface area contributed by atoms with Gasteiger partial charge in [0.1, 0.15) is 22.6 Å². The number of carbonyl (C=O) groups excluding carboxylic acids is 2. The second-order valence-corrected chi connectivity index (χ2v) is 5.75. The van der Waals surface area contributed by atoms with Crippen LogP contribution in [0.15, 0.2) is 63.5 Å². The van der Waals surface area contributed by atoms with E-state index in [4.69, 9.17) is 14.0 Å². The maximum Gasteiger partial charge on any atom is 0.365 e. The first-order valence-corrected chi connectivity index (χ1v) is 8.13. The SMILES string of the molecule is COC(=O)c1sccc1-c1ccc(/C=N/OC(=O)c2ccccc2)o1. The molecule has 3 aromatic rings. The molecule has 0 saturated carbocycles. The van der Waals surface area contributed by atoms with E-state index in [1.807, 2.05) is 0 Å². The van der Waals surface area contributed by atoms with Gasteiger partial charge in [0, 0.05) is 5.56 Å². The van der Waals surface area contributed by atoms with E-state index in [2.05, 4.69) is 5.16 Å². The van der Waals surface area contributed by atoms with Gasteiger partial charge in [-0.25, -0.2) is 9.59 Å². The first-order chi connectivity index (χ1) is 12.2. The van der Waals surface area contributed by atoms with Crippen molar-refractivity contribution in [2.45, 2.75) is 0 Å². The van der Waals surface area contributed by atoms with E-state index in [1.54, 1.807) is 53.9 Å². The van der Waals surface area contributed by atoms with Gasteiger partial charge in [-0.3, -0.25) is 0 Å². The van der Waals surface area contributed by atoms with Gasteiger partial charge >= 0.3 is 11.9 Å². The van der Waals surface area contributed by atoms with Crippen LogP contribution in [0.1, 0.15) is 25.8 Å². The summed E-state index contributed by atoms with van der Waals surface area (Å²) in [5.41, 5.74) is 1.04. The number of carbonyl (C=O) groups is 2. The molecule has 0 bridgehead atoms. The summed E-state index contributed by atoms with van der Waals surface area (Å²) in [6.45, 7) is 0. The number of benzene rings is 1. The van der Waals surface area contributed by atoms with E-state index in [1.165, 1.54) is 24.7 Å². The molecule has 0 amide bonds. The summed E-state index contributed by atoms with van der Waals surface area (Å²) >= 11 is 1.27. The van der Waals surface area contributed by atoms with Crippen LogP contribution in [0.4, 0.5) is 0 Å². The number of rotatable bonds is 5. The minimum Gasteiger partial charge on any atom is -0.465 e. The summed E-state index contributed by atoms with van der Waals surface area (Å²) in [5.74, 6) is -0.0989. The van der Waals surface area contributed by atoms with Gasteiger partial charge in [0.05, 0.1) is 12.7 Å². The Morgan fingerprint density at radius 2 is 1.88 bits per heavy atom. The van der Waals surface area contributed by atoms with Gasteiger partial charge in [-0.1, -0.05) is 23.4 Å². The second-order valence-electron chi connectivity index (χ2n) is 4.84. The fraction of sp³-hybridized carbons (Fsp3) is 0.0556. The molecule has 25 heavy (non-hydrogen) atoms. The number of nitrogens with zero attached hydrogens (tertiary/aromatic N) is 1. The average molecular weight is 355 g/mol. The Bertz CT molecular complexity index is 910. The number of oxime groups is 1. The Labute approximate surface area is 147 Å². The molecule has 0 saturated heterocycles. The summed E-state index contributed by atoms with van der Waals surface area (Å²) in [6.07, 6.45) is 1.29. The Kier molecular flexibility index (Phi) is 5.06. The van der Waals surface area contributed by atoms with Crippen molar-refractivity contribution in [3.63, 3.8) is 0 Å². The standard InChI is InChI=1S/C18H13NO5S/c1-22-18(21)16-14(9-10-25-16)15-8-7-13(23-15)11-19-24-17(20)12-5-3-2-4-6-12/h2-11H,1H3/b19-11+. The average Bonchev–Trinajstić information content (AvgIpc) is 3.30. The highest BCUT2D eigenvalue weighted by molar-refractivity contribution is 7.12. The molecule has 0 N–H and O–H groups in total. The zero-order valence-corrected chi connectivity index (χ0v) is 14.0. The maximum absolute atomic E-state index is 11.8. The third kappa shape index (κ3) is 3.84. The lowest BCUT2D eigenvalue weighted by molar-refractivity contribution is 0.0518. The molecule has 2 heterocycles. The predicted octanol–water partition coefficient (Wildman–Crippen LogP) is 3.99. The summed E-state index contributed by atoms with van der Waals surface area (Å²) in [7, 11) is 1.33. The molecule has 126 valence electrons. The molecule has 0 radical (unpaired) electrons. The van der Waals surface area contributed by atoms with Gasteiger partial charge < -0.3 is 14.0 Å². The molecule has 6 nitrogen and oxygen atoms in total. The first kappa shape index (κ1) is 16.7. The number of hydrogen-bond acceptors (Lipinski definition) is 7. The molecule has 2 aromatic heterocycles. The van der Waals surface area contributed by atoms with Crippen molar-refractivity contribution >= 4 is 29.5 Å². The molecule has 0 aliphatic rings. The molecule has 3 rings (SSSR count). The summed E-state index contributed by atoms with van der Waals surface area (Å²) in [4.78, 5) is 28.7.